The average molecular weight is 249 g/mol. The number of hydrogen-bond donors (Lipinski definition) is 0. The molecule has 1 aliphatic heterocycles. The van der Waals surface area contributed by atoms with E-state index in [9.17, 15) is 18.0 Å². The first-order valence-electron chi connectivity index (χ1n) is 4.32. The van der Waals surface area contributed by atoms with E-state index in [1.165, 1.54) is 0 Å². The maximum Gasteiger partial charge on any atom is 0.417 e. The van der Waals surface area contributed by atoms with Crippen LogP contribution in [0.25, 0.3) is 0 Å². The molecule has 1 aromatic rings. The normalized spacial score (nSPS) is 16.2. The molecule has 1 aliphatic rings. The zero-order chi connectivity index (χ0) is 11.9. The second-order valence-electron chi connectivity index (χ2n) is 3.28. The summed E-state index contributed by atoms with van der Waals surface area (Å²) in [5, 5.41) is 3.35. The first-order valence-corrected chi connectivity index (χ1v) is 5.14. The van der Waals surface area contributed by atoms with Gasteiger partial charge in [-0.25, -0.2) is 4.79 Å². The highest BCUT2D eigenvalue weighted by molar-refractivity contribution is 7.14. The number of nitrogens with zero attached hydrogens (tertiary/aromatic N) is 1. The molecule has 7 heteroatoms. The Bertz CT molecular complexity index is 476. The van der Waals surface area contributed by atoms with Gasteiger partial charge in [0.15, 0.2) is 0 Å². The molecule has 0 spiro atoms. The van der Waals surface area contributed by atoms with Gasteiger partial charge in [0.05, 0.1) is 16.9 Å². The molecule has 0 N–H and O–H groups in total. The molecule has 3 nitrogen and oxygen atoms in total. The molecule has 2 rings (SSSR count). The minimum absolute atomic E-state index is 0.0316. The Kier molecular flexibility index (Phi) is 2.49. The highest BCUT2D eigenvalue weighted by atomic mass is 32.1. The molecule has 0 aliphatic carbocycles. The minimum Gasteiger partial charge on any atom is -0.318 e. The SMILES string of the molecule is Cc1cc(C(F)(F)F)c(C2=NOC(=O)C2)s1. The highest BCUT2D eigenvalue weighted by Crippen LogP contribution is 2.38. The number of alkyl halides is 3. The zero-order valence-corrected chi connectivity index (χ0v) is 8.91. The molecule has 0 unspecified atom stereocenters. The highest BCUT2D eigenvalue weighted by Gasteiger charge is 2.37. The molecular formula is C9H6F3NO2S. The summed E-state index contributed by atoms with van der Waals surface area (Å²) in [5.41, 5.74) is -0.706. The van der Waals surface area contributed by atoms with Crippen molar-refractivity contribution < 1.29 is 22.8 Å². The fraction of sp³-hybridized carbons (Fsp3) is 0.333. The third kappa shape index (κ3) is 1.95. The van der Waals surface area contributed by atoms with E-state index in [4.69, 9.17) is 0 Å². The van der Waals surface area contributed by atoms with Crippen molar-refractivity contribution in [1.29, 1.82) is 0 Å². The van der Waals surface area contributed by atoms with Crippen LogP contribution in [0.5, 0.6) is 0 Å². The van der Waals surface area contributed by atoms with Crippen molar-refractivity contribution in [2.45, 2.75) is 19.5 Å². The Morgan fingerprint density at radius 2 is 2.19 bits per heavy atom. The number of hydrogen-bond acceptors (Lipinski definition) is 4. The van der Waals surface area contributed by atoms with Crippen LogP contribution in [0.15, 0.2) is 11.2 Å². The molecule has 2 heterocycles. The quantitative estimate of drug-likeness (QED) is 0.718. The first kappa shape index (κ1) is 11.1. The van der Waals surface area contributed by atoms with Gasteiger partial charge in [0.1, 0.15) is 5.71 Å². The summed E-state index contributed by atoms with van der Waals surface area (Å²) in [5.74, 6) is -0.630. The van der Waals surface area contributed by atoms with Gasteiger partial charge in [0, 0.05) is 4.88 Å². The zero-order valence-electron chi connectivity index (χ0n) is 8.09. The second-order valence-corrected chi connectivity index (χ2v) is 4.53. The fourth-order valence-electron chi connectivity index (χ4n) is 1.37. The number of thiophene rings is 1. The van der Waals surface area contributed by atoms with Gasteiger partial charge in [0.2, 0.25) is 0 Å². The van der Waals surface area contributed by atoms with E-state index in [0.717, 1.165) is 17.4 Å². The smallest absolute Gasteiger partial charge is 0.318 e. The van der Waals surface area contributed by atoms with Gasteiger partial charge in [-0.15, -0.1) is 11.3 Å². The standard InChI is InChI=1S/C9H6F3NO2S/c1-4-2-5(9(10,11)12)8(16-4)6-3-7(14)15-13-6/h2H,3H2,1H3. The Morgan fingerprint density at radius 3 is 2.69 bits per heavy atom. The van der Waals surface area contributed by atoms with Crippen molar-refractivity contribution in [2.75, 3.05) is 0 Å². The summed E-state index contributed by atoms with van der Waals surface area (Å²) in [7, 11) is 0. The lowest BCUT2D eigenvalue weighted by Gasteiger charge is -2.05. The van der Waals surface area contributed by atoms with Crippen LogP contribution in [0.2, 0.25) is 0 Å². The van der Waals surface area contributed by atoms with Gasteiger partial charge < -0.3 is 4.84 Å². The number of rotatable bonds is 1. The number of carbonyl (C=O) groups is 1. The lowest BCUT2D eigenvalue weighted by Crippen LogP contribution is -2.10. The molecule has 0 bridgehead atoms. The van der Waals surface area contributed by atoms with Crippen LogP contribution < -0.4 is 0 Å². The Balaban J connectivity index is 2.45. The van der Waals surface area contributed by atoms with E-state index >= 15 is 0 Å². The third-order valence-electron chi connectivity index (χ3n) is 1.99. The molecule has 0 saturated carbocycles. The molecule has 0 amide bonds. The Labute approximate surface area is 92.5 Å². The summed E-state index contributed by atoms with van der Waals surface area (Å²) in [6.45, 7) is 1.57. The van der Waals surface area contributed by atoms with Crippen molar-refractivity contribution in [3.63, 3.8) is 0 Å². The average Bonchev–Trinajstić information content (AvgIpc) is 2.70. The van der Waals surface area contributed by atoms with Gasteiger partial charge in [-0.1, -0.05) is 5.16 Å². The van der Waals surface area contributed by atoms with Gasteiger partial charge in [0.25, 0.3) is 0 Å². The van der Waals surface area contributed by atoms with Crippen molar-refractivity contribution in [3.05, 3.63) is 21.4 Å². The second kappa shape index (κ2) is 3.58. The Morgan fingerprint density at radius 1 is 1.50 bits per heavy atom. The summed E-state index contributed by atoms with van der Waals surface area (Å²) < 4.78 is 37.9. The van der Waals surface area contributed by atoms with Gasteiger partial charge in [-0.05, 0) is 13.0 Å². The summed E-state index contributed by atoms with van der Waals surface area (Å²) >= 11 is 0.958. The van der Waals surface area contributed by atoms with E-state index in [2.05, 4.69) is 9.99 Å². The van der Waals surface area contributed by atoms with Crippen LogP contribution in [-0.4, -0.2) is 11.7 Å². The van der Waals surface area contributed by atoms with Crippen LogP contribution >= 0.6 is 11.3 Å². The molecule has 1 aromatic heterocycles. The molecular weight excluding hydrogens is 243 g/mol. The molecule has 0 aromatic carbocycles. The van der Waals surface area contributed by atoms with E-state index in [-0.39, 0.29) is 17.0 Å². The van der Waals surface area contributed by atoms with E-state index < -0.39 is 17.7 Å². The van der Waals surface area contributed by atoms with Gasteiger partial charge >= 0.3 is 12.1 Å². The predicted molar refractivity (Wildman–Crippen MR) is 51.3 cm³/mol. The maximum atomic E-state index is 12.6. The topological polar surface area (TPSA) is 38.7 Å². The van der Waals surface area contributed by atoms with Crippen LogP contribution in [0, 0.1) is 6.92 Å². The number of carbonyl (C=O) groups excluding carboxylic acids is 1. The number of aryl methyl sites for hydroxylation is 1. The van der Waals surface area contributed by atoms with Crippen LogP contribution in [0.4, 0.5) is 13.2 Å². The largest absolute Gasteiger partial charge is 0.417 e. The van der Waals surface area contributed by atoms with E-state index in [1.807, 2.05) is 0 Å². The lowest BCUT2D eigenvalue weighted by molar-refractivity contribution is -0.140. The summed E-state index contributed by atoms with van der Waals surface area (Å²) in [4.78, 5) is 15.6. The molecule has 0 saturated heterocycles. The summed E-state index contributed by atoms with van der Waals surface area (Å²) in [6.07, 6.45) is -4.64. The van der Waals surface area contributed by atoms with Crippen molar-refractivity contribution in [1.82, 2.24) is 0 Å². The molecule has 86 valence electrons. The van der Waals surface area contributed by atoms with Crippen LogP contribution in [0.3, 0.4) is 0 Å². The summed E-state index contributed by atoms with van der Waals surface area (Å²) in [6, 6.07) is 1.05. The predicted octanol–water partition coefficient (Wildman–Crippen LogP) is 2.73. The van der Waals surface area contributed by atoms with Gasteiger partial charge in [-0.2, -0.15) is 13.2 Å². The van der Waals surface area contributed by atoms with Gasteiger partial charge in [-0.3, -0.25) is 0 Å². The van der Waals surface area contributed by atoms with E-state index in [1.54, 1.807) is 6.92 Å². The Hall–Kier alpha value is -1.37. The monoisotopic (exact) mass is 249 g/mol. The van der Waals surface area contributed by atoms with Crippen LogP contribution in [0.1, 0.15) is 21.7 Å². The number of oxime groups is 1. The lowest BCUT2D eigenvalue weighted by atomic mass is 10.1. The maximum absolute atomic E-state index is 12.6. The van der Waals surface area contributed by atoms with Crippen molar-refractivity contribution in [3.8, 4) is 0 Å². The fourth-order valence-corrected chi connectivity index (χ4v) is 2.38. The molecule has 16 heavy (non-hydrogen) atoms. The number of halogens is 3. The van der Waals surface area contributed by atoms with Crippen molar-refractivity contribution in [2.24, 2.45) is 5.16 Å². The first-order chi connectivity index (χ1) is 7.38. The van der Waals surface area contributed by atoms with Crippen molar-refractivity contribution >= 4 is 23.0 Å². The minimum atomic E-state index is -4.44. The molecule has 0 radical (unpaired) electrons. The third-order valence-corrected chi connectivity index (χ3v) is 3.09. The van der Waals surface area contributed by atoms with Crippen LogP contribution in [-0.2, 0) is 15.8 Å². The van der Waals surface area contributed by atoms with E-state index in [0.29, 0.717) is 4.88 Å². The molecule has 0 atom stereocenters. The molecule has 0 fully saturated rings.